The molecule has 0 radical (unpaired) electrons. The Hall–Kier alpha value is -0.160. The minimum atomic E-state index is 0. The number of likely N-dealkylation sites (N-methyl/N-ethyl adjacent to an activating group) is 1. The van der Waals surface area contributed by atoms with Gasteiger partial charge in [-0.05, 0) is 6.42 Å². The van der Waals surface area contributed by atoms with Crippen molar-refractivity contribution in [2.75, 3.05) is 185 Å². The number of carbonyl (C=O) groups excluding carboxylic acids is 1. The zero-order valence-corrected chi connectivity index (χ0v) is 31.6. The van der Waals surface area contributed by atoms with Crippen LogP contribution in [0.1, 0.15) is 19.3 Å². The first-order chi connectivity index (χ1) is 23.3. The standard InChI is InChI=1S/C32H65NO14.HI/c1-33(6-8-35)5-2-9-36-13-17-40-19-15-38-11-4-12-39-16-20-42-22-24-44-26-28-46-30-32-47-31-29-45-27-25-43-23-21-41-18-14-37-10-3-7-34;/h7,35H,2-6,8-32H2,1H3;1H. The molecular formula is C32H66INO14. The van der Waals surface area contributed by atoms with Gasteiger partial charge in [0.05, 0.1) is 166 Å². The van der Waals surface area contributed by atoms with Crippen LogP contribution < -0.4 is 28.9 Å². The maximum Gasteiger partial charge on any atom is 0.122 e. The molecule has 48 heavy (non-hydrogen) atoms. The van der Waals surface area contributed by atoms with E-state index in [0.29, 0.717) is 158 Å². The first-order valence-corrected chi connectivity index (χ1v) is 17.1. The smallest absolute Gasteiger partial charge is 0.122 e. The number of aliphatic hydroxyl groups excluding tert-OH is 1. The van der Waals surface area contributed by atoms with Crippen LogP contribution in [0.2, 0.25) is 0 Å². The first-order valence-electron chi connectivity index (χ1n) is 17.1. The highest BCUT2D eigenvalue weighted by Crippen LogP contribution is 1.89. The van der Waals surface area contributed by atoms with E-state index >= 15 is 0 Å². The van der Waals surface area contributed by atoms with Gasteiger partial charge in [0, 0.05) is 26.1 Å². The van der Waals surface area contributed by atoms with Crippen LogP contribution in [0.5, 0.6) is 0 Å². The molecule has 1 unspecified atom stereocenters. The molecule has 290 valence electrons. The van der Waals surface area contributed by atoms with E-state index in [-0.39, 0.29) is 30.6 Å². The van der Waals surface area contributed by atoms with E-state index in [2.05, 4.69) is 7.05 Å². The molecule has 0 aromatic rings. The van der Waals surface area contributed by atoms with Gasteiger partial charge < -0.3 is 95.6 Å². The van der Waals surface area contributed by atoms with Crippen LogP contribution in [-0.4, -0.2) is 197 Å². The summed E-state index contributed by atoms with van der Waals surface area (Å²) in [5, 5.41) is 8.87. The van der Waals surface area contributed by atoms with Crippen molar-refractivity contribution in [2.45, 2.75) is 19.3 Å². The molecule has 0 saturated carbocycles. The van der Waals surface area contributed by atoms with Crippen molar-refractivity contribution >= 4 is 6.29 Å². The summed E-state index contributed by atoms with van der Waals surface area (Å²) in [6.07, 6.45) is 3.05. The number of nitrogens with one attached hydrogen (secondary N) is 1. The minimum Gasteiger partial charge on any atom is -1.00 e. The zero-order chi connectivity index (χ0) is 34.0. The van der Waals surface area contributed by atoms with Crippen molar-refractivity contribution in [1.29, 1.82) is 0 Å². The van der Waals surface area contributed by atoms with Gasteiger partial charge in [0.1, 0.15) is 12.8 Å². The Morgan fingerprint density at radius 1 is 0.396 bits per heavy atom. The third kappa shape index (κ3) is 45.8. The number of hydrogen-bond donors (Lipinski definition) is 2. The van der Waals surface area contributed by atoms with Crippen LogP contribution in [0, 0.1) is 0 Å². The number of aliphatic hydroxyl groups is 1. The Kier molecular flexibility index (Phi) is 48.7. The number of rotatable bonds is 43. The quantitative estimate of drug-likeness (QED) is 0.0350. The van der Waals surface area contributed by atoms with E-state index in [4.69, 9.17) is 61.9 Å². The highest BCUT2D eigenvalue weighted by atomic mass is 127. The molecule has 0 spiro atoms. The molecule has 0 fully saturated rings. The summed E-state index contributed by atoms with van der Waals surface area (Å²) in [6.45, 7) is 14.8. The van der Waals surface area contributed by atoms with Crippen molar-refractivity contribution in [1.82, 2.24) is 0 Å². The number of halogens is 1. The normalized spacial score (nSPS) is 12.0. The second kappa shape index (κ2) is 46.8. The fraction of sp³-hybridized carbons (Fsp3) is 0.969. The maximum absolute atomic E-state index is 10.1. The second-order valence-electron chi connectivity index (χ2n) is 10.2. The van der Waals surface area contributed by atoms with Crippen molar-refractivity contribution in [3.8, 4) is 0 Å². The van der Waals surface area contributed by atoms with Gasteiger partial charge in [-0.15, -0.1) is 0 Å². The van der Waals surface area contributed by atoms with Crippen LogP contribution in [0.25, 0.3) is 0 Å². The lowest BCUT2D eigenvalue weighted by molar-refractivity contribution is -0.880. The van der Waals surface area contributed by atoms with Crippen molar-refractivity contribution in [3.05, 3.63) is 0 Å². The van der Waals surface area contributed by atoms with Crippen molar-refractivity contribution in [2.24, 2.45) is 0 Å². The second-order valence-corrected chi connectivity index (χ2v) is 10.2. The third-order valence-corrected chi connectivity index (χ3v) is 6.11. The average molecular weight is 816 g/mol. The molecule has 0 aliphatic carbocycles. The molecule has 0 aromatic heterocycles. The Bertz CT molecular complexity index is 589. The van der Waals surface area contributed by atoms with Crippen LogP contribution in [0.3, 0.4) is 0 Å². The largest absolute Gasteiger partial charge is 1.00 e. The van der Waals surface area contributed by atoms with Gasteiger partial charge >= 0.3 is 0 Å². The van der Waals surface area contributed by atoms with Crippen molar-refractivity contribution in [3.63, 3.8) is 0 Å². The van der Waals surface area contributed by atoms with E-state index < -0.39 is 0 Å². The Balaban J connectivity index is 0. The minimum absolute atomic E-state index is 0. The molecular weight excluding hydrogens is 749 g/mol. The average Bonchev–Trinajstić information content (AvgIpc) is 3.07. The summed E-state index contributed by atoms with van der Waals surface area (Å²) in [7, 11) is 2.07. The molecule has 1 atom stereocenters. The fourth-order valence-electron chi connectivity index (χ4n) is 3.59. The summed E-state index contributed by atoms with van der Waals surface area (Å²) in [4.78, 5) is 11.5. The number of ether oxygens (including phenoxy) is 12. The topological polar surface area (TPSA) is 153 Å². The molecule has 2 N–H and O–H groups in total. The number of aldehydes is 1. The molecule has 0 aliphatic rings. The highest BCUT2D eigenvalue weighted by molar-refractivity contribution is 5.49. The SMILES string of the molecule is C[NH+](CCO)CCCOCCOCCOCCCOCCOCCOCCOCCOCCOCCOCCOCCOCCC=O.[I-]. The molecule has 15 nitrogen and oxygen atoms in total. The molecule has 0 saturated heterocycles. The van der Waals surface area contributed by atoms with E-state index in [0.717, 1.165) is 38.8 Å². The van der Waals surface area contributed by atoms with Crippen LogP contribution in [0.15, 0.2) is 0 Å². The third-order valence-electron chi connectivity index (χ3n) is 6.11. The monoisotopic (exact) mass is 815 g/mol. The predicted octanol–water partition coefficient (Wildman–Crippen LogP) is -3.93. The zero-order valence-electron chi connectivity index (χ0n) is 29.4. The molecule has 0 rings (SSSR count). The van der Waals surface area contributed by atoms with Crippen LogP contribution >= 0.6 is 0 Å². The maximum atomic E-state index is 10.1. The Morgan fingerprint density at radius 3 is 0.917 bits per heavy atom. The van der Waals surface area contributed by atoms with Gasteiger partial charge in [0.2, 0.25) is 0 Å². The van der Waals surface area contributed by atoms with Gasteiger partial charge in [-0.3, -0.25) is 0 Å². The lowest BCUT2D eigenvalue weighted by atomic mass is 10.4. The van der Waals surface area contributed by atoms with Crippen molar-refractivity contribution < 1.29 is 95.6 Å². The van der Waals surface area contributed by atoms with Crippen LogP contribution in [0.4, 0.5) is 0 Å². The van der Waals surface area contributed by atoms with E-state index in [1.165, 1.54) is 4.90 Å². The molecule has 0 bridgehead atoms. The first kappa shape index (κ1) is 50.0. The lowest BCUT2D eigenvalue weighted by Crippen LogP contribution is -3.09. The molecule has 0 heterocycles. The van der Waals surface area contributed by atoms with Gasteiger partial charge in [-0.2, -0.15) is 0 Å². The summed E-state index contributed by atoms with van der Waals surface area (Å²) < 4.78 is 65.4. The summed E-state index contributed by atoms with van der Waals surface area (Å²) in [5.41, 5.74) is 0. The fourth-order valence-corrected chi connectivity index (χ4v) is 3.59. The van der Waals surface area contributed by atoms with E-state index in [1.807, 2.05) is 0 Å². The van der Waals surface area contributed by atoms with Gasteiger partial charge in [0.15, 0.2) is 0 Å². The number of hydrogen-bond acceptors (Lipinski definition) is 14. The Labute approximate surface area is 305 Å². The predicted molar refractivity (Wildman–Crippen MR) is 173 cm³/mol. The highest BCUT2D eigenvalue weighted by Gasteiger charge is 2.00. The summed E-state index contributed by atoms with van der Waals surface area (Å²) in [5.74, 6) is 0. The molecule has 0 aromatic carbocycles. The van der Waals surface area contributed by atoms with Gasteiger partial charge in [-0.25, -0.2) is 0 Å². The number of carbonyl (C=O) groups is 1. The van der Waals surface area contributed by atoms with Crippen LogP contribution in [-0.2, 0) is 61.6 Å². The van der Waals surface area contributed by atoms with E-state index in [1.54, 1.807) is 0 Å². The van der Waals surface area contributed by atoms with Gasteiger partial charge in [0.25, 0.3) is 0 Å². The van der Waals surface area contributed by atoms with Gasteiger partial charge in [-0.1, -0.05) is 0 Å². The molecule has 0 amide bonds. The lowest BCUT2D eigenvalue weighted by Gasteiger charge is -2.12. The van der Waals surface area contributed by atoms with E-state index in [9.17, 15) is 4.79 Å². The molecule has 16 heteroatoms. The summed E-state index contributed by atoms with van der Waals surface area (Å²) in [6, 6.07) is 0. The Morgan fingerprint density at radius 2 is 0.646 bits per heavy atom. The molecule has 0 aliphatic heterocycles. The summed E-state index contributed by atoms with van der Waals surface area (Å²) >= 11 is 0. The number of quaternary nitrogens is 1.